The summed E-state index contributed by atoms with van der Waals surface area (Å²) in [6.07, 6.45) is 2.30. The van der Waals surface area contributed by atoms with Crippen LogP contribution in [0.25, 0.3) is 0 Å². The van der Waals surface area contributed by atoms with Gasteiger partial charge in [-0.1, -0.05) is 60.6 Å². The van der Waals surface area contributed by atoms with Gasteiger partial charge in [-0.15, -0.1) is 11.3 Å². The van der Waals surface area contributed by atoms with Crippen LogP contribution in [0.5, 0.6) is 0 Å². The smallest absolute Gasteiger partial charge is 0.124 e. The number of thiophene rings is 1. The molecule has 228 valence electrons. The first-order valence-corrected chi connectivity index (χ1v) is 15.2. The number of carboxylic acids is 3. The van der Waals surface area contributed by atoms with Gasteiger partial charge in [-0.25, -0.2) is 8.42 Å². The van der Waals surface area contributed by atoms with Gasteiger partial charge in [0.05, 0.1) is 4.90 Å². The van der Waals surface area contributed by atoms with Crippen molar-refractivity contribution in [2.75, 3.05) is 0 Å². The Morgan fingerprint density at radius 3 is 1.65 bits per heavy atom. The average Bonchev–Trinajstić information content (AvgIpc) is 3.18. The molecule has 0 amide bonds. The molecule has 0 N–H and O–H groups in total. The lowest BCUT2D eigenvalue weighted by molar-refractivity contribution is -0.318. The number of carboxylic acid groups (broad SMARTS) is 3. The van der Waals surface area contributed by atoms with Gasteiger partial charge in [0, 0.05) is 39.5 Å². The molecule has 0 bridgehead atoms. The highest BCUT2D eigenvalue weighted by Gasteiger charge is 2.15. The molecule has 1 aromatic heterocycles. The van der Waals surface area contributed by atoms with Gasteiger partial charge in [0.2, 0.25) is 0 Å². The van der Waals surface area contributed by atoms with E-state index in [1.165, 1.54) is 12.1 Å². The third-order valence-electron chi connectivity index (χ3n) is 6.28. The van der Waals surface area contributed by atoms with Crippen molar-refractivity contribution in [2.24, 2.45) is 11.3 Å². The Morgan fingerprint density at radius 1 is 0.925 bits per heavy atom. The number of hydrogen-bond donors (Lipinski definition) is 0. The highest BCUT2D eigenvalue weighted by molar-refractivity contribution is 7.85. The number of carbonyl (C=O) groups is 3. The van der Waals surface area contributed by atoms with Crippen molar-refractivity contribution in [1.82, 2.24) is 0 Å². The predicted octanol–water partition coefficient (Wildman–Crippen LogP) is 2.72. The topological polar surface area (TPSA) is 178 Å². The summed E-state index contributed by atoms with van der Waals surface area (Å²) >= 11 is 1.62. The van der Waals surface area contributed by atoms with Crippen LogP contribution in [-0.2, 0) is 30.9 Å². The Hall–Kier alpha value is -2.76. The maximum atomic E-state index is 10.6. The lowest BCUT2D eigenvalue weighted by atomic mass is 9.91. The molecule has 11 heteroatoms. The van der Waals surface area contributed by atoms with E-state index < -0.39 is 33.4 Å². The molecule has 0 saturated carbocycles. The van der Waals surface area contributed by atoms with Crippen molar-refractivity contribution >= 4 is 39.4 Å². The van der Waals surface area contributed by atoms with E-state index in [1.807, 2.05) is 33.8 Å². The van der Waals surface area contributed by atoms with Crippen LogP contribution in [0.1, 0.15) is 94.5 Å². The van der Waals surface area contributed by atoms with Gasteiger partial charge >= 0.3 is 0 Å². The van der Waals surface area contributed by atoms with Gasteiger partial charge in [0.1, 0.15) is 10.1 Å². The fourth-order valence-electron chi connectivity index (χ4n) is 2.52. The fourth-order valence-corrected chi connectivity index (χ4v) is 3.94. The summed E-state index contributed by atoms with van der Waals surface area (Å²) in [6, 6.07) is 8.02. The first-order valence-electron chi connectivity index (χ1n) is 13.0. The largest absolute Gasteiger partial charge is 0.744 e. The highest BCUT2D eigenvalue weighted by atomic mass is 32.2. The van der Waals surface area contributed by atoms with Crippen molar-refractivity contribution in [3.8, 4) is 0 Å². The summed E-state index contributed by atoms with van der Waals surface area (Å²) in [5, 5.41) is 30.2. The van der Waals surface area contributed by atoms with Crippen LogP contribution in [0, 0.1) is 25.2 Å². The molecule has 0 aliphatic carbocycles. The second-order valence-electron chi connectivity index (χ2n) is 9.97. The summed E-state index contributed by atoms with van der Waals surface area (Å²) in [6.45, 7) is 16.6. The SMILES string of the molecule is CCC(C)(C)C(=O)[O-].CCC(C)C(=O)[O-].CCC(C)c1ccc(S(=O)(=O)[O-])cc1.Cc1cc(CC(=O)[O-])c(C)s1. The summed E-state index contributed by atoms with van der Waals surface area (Å²) in [5.41, 5.74) is 1.28. The molecule has 0 radical (unpaired) electrons. The van der Waals surface area contributed by atoms with Gasteiger partial charge in [-0.3, -0.25) is 0 Å². The third-order valence-corrected chi connectivity index (χ3v) is 8.14. The van der Waals surface area contributed by atoms with Crippen molar-refractivity contribution in [1.29, 1.82) is 0 Å². The molecule has 40 heavy (non-hydrogen) atoms. The Labute approximate surface area is 243 Å². The minimum Gasteiger partial charge on any atom is -0.744 e. The Balaban J connectivity index is 0. The molecule has 2 aromatic rings. The Morgan fingerprint density at radius 2 is 1.43 bits per heavy atom. The van der Waals surface area contributed by atoms with E-state index in [9.17, 15) is 42.7 Å². The minimum absolute atomic E-state index is 0.0379. The zero-order valence-corrected chi connectivity index (χ0v) is 26.5. The molecule has 2 rings (SSSR count). The molecule has 2 atom stereocenters. The Kier molecular flexibility index (Phi) is 18.3. The van der Waals surface area contributed by atoms with Gasteiger partial charge in [0.15, 0.2) is 0 Å². The normalized spacial score (nSPS) is 12.2. The number of hydrogen-bond acceptors (Lipinski definition) is 10. The van der Waals surface area contributed by atoms with E-state index in [0.717, 1.165) is 27.3 Å². The van der Waals surface area contributed by atoms with Gasteiger partial charge in [0.25, 0.3) is 0 Å². The zero-order chi connectivity index (χ0) is 31.8. The number of rotatable bonds is 9. The average molecular weight is 599 g/mol. The first-order chi connectivity index (χ1) is 18.2. The standard InChI is InChI=1S/C10H14O3S.C8H10O2S.C6H12O2.C5H10O2/c1-3-8(2)9-4-6-10(7-5-9)14(11,12)13;1-5-3-7(4-8(9)10)6(2)11-5;1-4-6(2,3)5(7)8;1-3-4(2)5(6)7/h4-8H,3H2,1-2H3,(H,11,12,13);3H,4H2,1-2H3,(H,9,10);4H2,1-3H3,(H,7,8);4H,3H2,1-2H3,(H,6,7)/p-4. The second kappa shape index (κ2) is 18.6. The van der Waals surface area contributed by atoms with Gasteiger partial charge in [-0.05, 0) is 74.3 Å². The van der Waals surface area contributed by atoms with E-state index in [0.29, 0.717) is 18.8 Å². The van der Waals surface area contributed by atoms with Crippen LogP contribution in [0.3, 0.4) is 0 Å². The van der Waals surface area contributed by atoms with Crippen molar-refractivity contribution in [3.05, 3.63) is 51.2 Å². The summed E-state index contributed by atoms with van der Waals surface area (Å²) in [5.74, 6) is -2.84. The number of aliphatic carboxylic acids is 3. The maximum absolute atomic E-state index is 10.6. The lowest BCUT2D eigenvalue weighted by Crippen LogP contribution is -2.37. The molecule has 9 nitrogen and oxygen atoms in total. The zero-order valence-electron chi connectivity index (χ0n) is 24.9. The van der Waals surface area contributed by atoms with Crippen molar-refractivity contribution in [3.63, 3.8) is 0 Å². The van der Waals surface area contributed by atoms with Gasteiger partial charge in [-0.2, -0.15) is 0 Å². The van der Waals surface area contributed by atoms with Crippen LogP contribution in [0.4, 0.5) is 0 Å². The van der Waals surface area contributed by atoms with Crippen LogP contribution in [-0.4, -0.2) is 30.9 Å². The minimum atomic E-state index is -4.30. The first kappa shape index (κ1) is 39.4. The van der Waals surface area contributed by atoms with E-state index in [2.05, 4.69) is 13.8 Å². The molecule has 0 aliphatic rings. The molecular formula is C29H42O9S2-4. The molecule has 0 spiro atoms. The third kappa shape index (κ3) is 16.4. The van der Waals surface area contributed by atoms with Crippen LogP contribution in [0.2, 0.25) is 0 Å². The second-order valence-corrected chi connectivity index (χ2v) is 12.8. The van der Waals surface area contributed by atoms with E-state index in [1.54, 1.807) is 44.2 Å². The van der Waals surface area contributed by atoms with Crippen LogP contribution in [0.15, 0.2) is 35.2 Å². The van der Waals surface area contributed by atoms with E-state index in [-0.39, 0.29) is 17.2 Å². The van der Waals surface area contributed by atoms with Crippen LogP contribution >= 0.6 is 11.3 Å². The molecule has 0 saturated heterocycles. The molecule has 0 fully saturated rings. The molecule has 0 aliphatic heterocycles. The maximum Gasteiger partial charge on any atom is 0.124 e. The summed E-state index contributed by atoms with van der Waals surface area (Å²) in [4.78, 5) is 32.2. The summed E-state index contributed by atoms with van der Waals surface area (Å²) < 4.78 is 31.9. The monoisotopic (exact) mass is 598 g/mol. The molecule has 2 unspecified atom stereocenters. The molecule has 1 heterocycles. The lowest BCUT2D eigenvalue weighted by Gasteiger charge is -2.22. The number of carbonyl (C=O) groups excluding carboxylic acids is 3. The predicted molar refractivity (Wildman–Crippen MR) is 149 cm³/mol. The van der Waals surface area contributed by atoms with E-state index >= 15 is 0 Å². The van der Waals surface area contributed by atoms with Crippen LogP contribution < -0.4 is 15.3 Å². The Bertz CT molecular complexity index is 1160. The number of benzene rings is 1. The highest BCUT2D eigenvalue weighted by Crippen LogP contribution is 2.21. The quantitative estimate of drug-likeness (QED) is 0.392. The molecular weight excluding hydrogens is 556 g/mol. The van der Waals surface area contributed by atoms with Crippen molar-refractivity contribution < 1.29 is 42.7 Å². The fraction of sp³-hybridized carbons (Fsp3) is 0.552. The summed E-state index contributed by atoms with van der Waals surface area (Å²) in [7, 11) is -4.30. The van der Waals surface area contributed by atoms with E-state index in [4.69, 9.17) is 0 Å². The molecule has 1 aromatic carbocycles. The van der Waals surface area contributed by atoms with Crippen molar-refractivity contribution in [2.45, 2.75) is 98.8 Å². The van der Waals surface area contributed by atoms with Gasteiger partial charge < -0.3 is 34.3 Å². The number of aryl methyl sites for hydroxylation is 2.